The summed E-state index contributed by atoms with van der Waals surface area (Å²) < 4.78 is 66.0. The molecule has 0 atom stereocenters. The highest BCUT2D eigenvalue weighted by molar-refractivity contribution is 7.91. The third-order valence-electron chi connectivity index (χ3n) is 4.98. The monoisotopic (exact) mass is 506 g/mol. The van der Waals surface area contributed by atoms with E-state index in [1.54, 1.807) is 0 Å². The van der Waals surface area contributed by atoms with Gasteiger partial charge in [0.05, 0.1) is 33.7 Å². The summed E-state index contributed by atoms with van der Waals surface area (Å²) in [6, 6.07) is 5.19. The Hall–Kier alpha value is -2.67. The highest BCUT2D eigenvalue weighted by atomic mass is 35.5. The second-order valence-corrected chi connectivity index (χ2v) is 9.90. The minimum Gasteiger partial charge on any atom is -0.368 e. The van der Waals surface area contributed by atoms with Gasteiger partial charge in [0.15, 0.2) is 16.1 Å². The van der Waals surface area contributed by atoms with E-state index >= 15 is 0 Å². The minimum absolute atomic E-state index is 0.0207. The molecule has 1 heterocycles. The molecule has 0 saturated heterocycles. The fourth-order valence-electron chi connectivity index (χ4n) is 3.42. The summed E-state index contributed by atoms with van der Waals surface area (Å²) in [5, 5.41) is 17.9. The number of aromatic amines is 1. The highest BCUT2D eigenvalue weighted by Gasteiger charge is 2.34. The van der Waals surface area contributed by atoms with Crippen molar-refractivity contribution in [3.8, 4) is 0 Å². The van der Waals surface area contributed by atoms with Gasteiger partial charge in [0, 0.05) is 11.4 Å². The van der Waals surface area contributed by atoms with Crippen molar-refractivity contribution in [3.05, 3.63) is 72.9 Å². The summed E-state index contributed by atoms with van der Waals surface area (Å²) in [4.78, 5) is 27.7. The molecule has 2 aromatic carbocycles. The molecule has 0 fully saturated rings. The molecule has 178 valence electrons. The van der Waals surface area contributed by atoms with Crippen molar-refractivity contribution in [2.24, 2.45) is 0 Å². The van der Waals surface area contributed by atoms with E-state index in [-0.39, 0.29) is 26.8 Å². The number of aliphatic hydroxyl groups is 2. The fourth-order valence-corrected chi connectivity index (χ4v) is 4.72. The molecule has 1 aromatic heterocycles. The van der Waals surface area contributed by atoms with E-state index in [0.717, 1.165) is 6.07 Å². The van der Waals surface area contributed by atoms with Crippen LogP contribution in [0, 0.1) is 0 Å². The van der Waals surface area contributed by atoms with Crippen LogP contribution in [-0.4, -0.2) is 40.2 Å². The summed E-state index contributed by atoms with van der Waals surface area (Å²) >= 11 is 5.95. The number of aromatic nitrogens is 2. The van der Waals surface area contributed by atoms with Gasteiger partial charge in [-0.05, 0) is 41.5 Å². The Morgan fingerprint density at radius 3 is 2.36 bits per heavy atom. The first-order valence-corrected chi connectivity index (χ1v) is 11.5. The normalized spacial score (nSPS) is 12.6. The van der Waals surface area contributed by atoms with E-state index in [2.05, 4.69) is 4.98 Å². The average molecular weight is 507 g/mol. The van der Waals surface area contributed by atoms with Crippen LogP contribution in [0.5, 0.6) is 0 Å². The maximum absolute atomic E-state index is 13.5. The Balaban J connectivity index is 2.26. The molecule has 0 unspecified atom stereocenters. The molecular formula is C20H18ClF3N2O6S. The zero-order chi connectivity index (χ0) is 24.7. The number of fused-ring (bicyclic) bond motifs is 1. The van der Waals surface area contributed by atoms with Crippen LogP contribution < -0.4 is 11.2 Å². The highest BCUT2D eigenvalue weighted by Crippen LogP contribution is 2.34. The molecule has 13 heteroatoms. The number of halogens is 4. The molecule has 33 heavy (non-hydrogen) atoms. The van der Waals surface area contributed by atoms with Crippen LogP contribution in [0.15, 0.2) is 44.8 Å². The van der Waals surface area contributed by atoms with Crippen LogP contribution in [0.25, 0.3) is 10.9 Å². The molecule has 0 aliphatic rings. The van der Waals surface area contributed by atoms with Crippen LogP contribution in [0.3, 0.4) is 0 Å². The Bertz CT molecular complexity index is 1450. The molecule has 0 radical (unpaired) electrons. The van der Waals surface area contributed by atoms with Gasteiger partial charge in [-0.15, -0.1) is 0 Å². The molecule has 3 N–H and O–H groups in total. The van der Waals surface area contributed by atoms with Crippen molar-refractivity contribution in [2.45, 2.75) is 37.3 Å². The third kappa shape index (κ3) is 5.13. The van der Waals surface area contributed by atoms with E-state index in [1.165, 1.54) is 25.1 Å². The minimum atomic E-state index is -4.92. The van der Waals surface area contributed by atoms with Gasteiger partial charge in [-0.1, -0.05) is 18.5 Å². The van der Waals surface area contributed by atoms with Gasteiger partial charge in [-0.25, -0.2) is 13.2 Å². The van der Waals surface area contributed by atoms with Crippen LogP contribution in [-0.2, 0) is 29.0 Å². The Morgan fingerprint density at radius 2 is 1.79 bits per heavy atom. The van der Waals surface area contributed by atoms with Gasteiger partial charge in [-0.2, -0.15) is 13.2 Å². The van der Waals surface area contributed by atoms with Gasteiger partial charge in [0.2, 0.25) is 0 Å². The number of nitrogens with zero attached hydrogens (tertiary/aromatic N) is 1. The largest absolute Gasteiger partial charge is 0.416 e. The van der Waals surface area contributed by atoms with Crippen molar-refractivity contribution < 1.29 is 31.8 Å². The Kier molecular flexibility index (Phi) is 6.76. The van der Waals surface area contributed by atoms with Gasteiger partial charge < -0.3 is 15.2 Å². The van der Waals surface area contributed by atoms with E-state index in [0.29, 0.717) is 10.6 Å². The summed E-state index contributed by atoms with van der Waals surface area (Å²) in [5.74, 6) is -0.265. The topological polar surface area (TPSA) is 129 Å². The number of hydrogen-bond acceptors (Lipinski definition) is 6. The van der Waals surface area contributed by atoms with Crippen molar-refractivity contribution in [3.63, 3.8) is 0 Å². The second kappa shape index (κ2) is 8.93. The molecule has 0 aliphatic heterocycles. The van der Waals surface area contributed by atoms with E-state index < -0.39 is 63.0 Å². The number of benzene rings is 2. The maximum Gasteiger partial charge on any atom is 0.416 e. The lowest BCUT2D eigenvalue weighted by molar-refractivity contribution is -0.138. The first-order valence-electron chi connectivity index (χ1n) is 9.49. The predicted molar refractivity (Wildman–Crippen MR) is 114 cm³/mol. The molecule has 3 aromatic rings. The Morgan fingerprint density at radius 1 is 1.12 bits per heavy atom. The third-order valence-corrected chi connectivity index (χ3v) is 7.04. The van der Waals surface area contributed by atoms with Crippen molar-refractivity contribution in [1.29, 1.82) is 0 Å². The number of hydrogen-bond donors (Lipinski definition) is 3. The predicted octanol–water partition coefficient (Wildman–Crippen LogP) is 2.06. The molecule has 0 spiro atoms. The van der Waals surface area contributed by atoms with Gasteiger partial charge in [0.1, 0.15) is 0 Å². The molecule has 0 aliphatic carbocycles. The van der Waals surface area contributed by atoms with Crippen molar-refractivity contribution >= 4 is 32.3 Å². The number of rotatable bonds is 6. The van der Waals surface area contributed by atoms with Gasteiger partial charge >= 0.3 is 11.9 Å². The van der Waals surface area contributed by atoms with Crippen LogP contribution in [0.1, 0.15) is 23.6 Å². The van der Waals surface area contributed by atoms with Crippen molar-refractivity contribution in [1.82, 2.24) is 9.55 Å². The summed E-state index contributed by atoms with van der Waals surface area (Å²) in [6.07, 6.45) is -7.78. The molecule has 0 amide bonds. The molecule has 0 bridgehead atoms. The molecule has 3 rings (SSSR count). The standard InChI is InChI=1S/C20H18ClF3N2O6S/c1-2-33(31,32)16-4-3-12(21)5-11(16)9-26-18(29)13-8-14(20(22,23)24)10(7-17(27)28)6-15(13)25-19(26)30/h3-6,8,17,27-28H,2,7,9H2,1H3,(H,25,30). The van der Waals surface area contributed by atoms with E-state index in [4.69, 9.17) is 21.8 Å². The van der Waals surface area contributed by atoms with Gasteiger partial charge in [0.25, 0.3) is 5.56 Å². The number of sulfone groups is 1. The first-order chi connectivity index (χ1) is 15.2. The zero-order valence-corrected chi connectivity index (χ0v) is 18.6. The summed E-state index contributed by atoms with van der Waals surface area (Å²) in [5.41, 5.74) is -4.10. The molecular weight excluding hydrogens is 489 g/mol. The van der Waals surface area contributed by atoms with Crippen molar-refractivity contribution in [2.75, 3.05) is 5.75 Å². The van der Waals surface area contributed by atoms with Crippen LogP contribution in [0.2, 0.25) is 5.02 Å². The zero-order valence-electron chi connectivity index (χ0n) is 17.0. The van der Waals surface area contributed by atoms with E-state index in [1.807, 2.05) is 0 Å². The lowest BCUT2D eigenvalue weighted by atomic mass is 10.0. The Labute approximate surface area is 189 Å². The number of nitrogens with one attached hydrogen (secondary N) is 1. The molecule has 8 nitrogen and oxygen atoms in total. The average Bonchev–Trinajstić information content (AvgIpc) is 2.69. The van der Waals surface area contributed by atoms with Crippen LogP contribution in [0.4, 0.5) is 13.2 Å². The number of alkyl halides is 3. The summed E-state index contributed by atoms with van der Waals surface area (Å²) in [7, 11) is -3.76. The smallest absolute Gasteiger partial charge is 0.368 e. The van der Waals surface area contributed by atoms with Gasteiger partial charge in [-0.3, -0.25) is 9.36 Å². The first kappa shape index (κ1) is 25.0. The molecule has 0 saturated carbocycles. The second-order valence-electron chi connectivity index (χ2n) is 7.21. The van der Waals surface area contributed by atoms with E-state index in [9.17, 15) is 31.2 Å². The summed E-state index contributed by atoms with van der Waals surface area (Å²) in [6.45, 7) is 0.847. The van der Waals surface area contributed by atoms with Crippen LogP contribution >= 0.6 is 11.6 Å². The maximum atomic E-state index is 13.5. The quantitative estimate of drug-likeness (QED) is 0.439. The lowest BCUT2D eigenvalue weighted by Crippen LogP contribution is -2.36. The SMILES string of the molecule is CCS(=O)(=O)c1ccc(Cl)cc1Cn1c(=O)[nH]c2cc(CC(O)O)c(C(F)(F)F)cc2c1=O. The number of aliphatic hydroxyl groups excluding tert-OH is 1. The fraction of sp³-hybridized carbons (Fsp3) is 0.300. The number of H-pyrrole nitrogens is 1. The lowest BCUT2D eigenvalue weighted by Gasteiger charge is -2.16.